The highest BCUT2D eigenvalue weighted by Gasteiger charge is 2.08. The highest BCUT2D eigenvalue weighted by atomic mass is 32.2. The van der Waals surface area contributed by atoms with E-state index in [4.69, 9.17) is 0 Å². The lowest BCUT2D eigenvalue weighted by Gasteiger charge is -2.09. The number of imidazole rings is 1. The summed E-state index contributed by atoms with van der Waals surface area (Å²) in [6, 6.07) is 6.87. The van der Waals surface area contributed by atoms with Gasteiger partial charge in [-0.15, -0.1) is 0 Å². The van der Waals surface area contributed by atoms with Gasteiger partial charge in [-0.2, -0.15) is 0 Å². The van der Waals surface area contributed by atoms with Crippen LogP contribution in [-0.4, -0.2) is 37.6 Å². The van der Waals surface area contributed by atoms with E-state index < -0.39 is 10.0 Å². The maximum atomic E-state index is 11.7. The molecule has 136 valence electrons. The van der Waals surface area contributed by atoms with Crippen LogP contribution in [0.1, 0.15) is 17.5 Å². The Morgan fingerprint density at radius 2 is 1.88 bits per heavy atom. The van der Waals surface area contributed by atoms with E-state index in [1.54, 1.807) is 36.8 Å². The number of carbonyl (C=O) groups excluding carboxylic acids is 1. The van der Waals surface area contributed by atoms with Crippen LogP contribution in [0, 0.1) is 0 Å². The Morgan fingerprint density at radius 3 is 2.52 bits per heavy atom. The Labute approximate surface area is 147 Å². The largest absolute Gasteiger partial charge is 0.338 e. The summed E-state index contributed by atoms with van der Waals surface area (Å²) in [5.74, 6) is -0.0609. The first-order valence-electron chi connectivity index (χ1n) is 7.95. The van der Waals surface area contributed by atoms with Crippen LogP contribution in [-0.2, 0) is 28.9 Å². The van der Waals surface area contributed by atoms with Crippen molar-refractivity contribution in [3.05, 3.63) is 54.1 Å². The highest BCUT2D eigenvalue weighted by molar-refractivity contribution is 7.88. The SMILES string of the molecule is CNS(=O)(=O)Cc1ccc(CNC(=O)NCCCn2ccnc2)cc1. The zero-order valence-electron chi connectivity index (χ0n) is 14.1. The predicted molar refractivity (Wildman–Crippen MR) is 95.2 cm³/mol. The molecule has 0 aliphatic carbocycles. The molecule has 0 bridgehead atoms. The molecule has 2 aromatic rings. The molecule has 0 unspecified atom stereocenters. The second kappa shape index (κ2) is 9.19. The molecule has 3 N–H and O–H groups in total. The lowest BCUT2D eigenvalue weighted by molar-refractivity contribution is 0.240. The molecular formula is C16H23N5O3S. The van der Waals surface area contributed by atoms with Crippen LogP contribution in [0.15, 0.2) is 43.0 Å². The molecule has 1 aromatic heterocycles. The summed E-state index contributed by atoms with van der Waals surface area (Å²) in [5.41, 5.74) is 1.60. The Kier molecular flexibility index (Phi) is 6.96. The fourth-order valence-electron chi connectivity index (χ4n) is 2.17. The molecule has 2 rings (SSSR count). The minimum Gasteiger partial charge on any atom is -0.338 e. The van der Waals surface area contributed by atoms with E-state index in [1.807, 2.05) is 10.8 Å². The van der Waals surface area contributed by atoms with Gasteiger partial charge in [0.2, 0.25) is 10.0 Å². The second-order valence-electron chi connectivity index (χ2n) is 5.54. The molecule has 2 amide bonds. The molecule has 1 aromatic carbocycles. The fourth-order valence-corrected chi connectivity index (χ4v) is 2.95. The number of aromatic nitrogens is 2. The van der Waals surface area contributed by atoms with E-state index in [1.165, 1.54) is 7.05 Å². The fraction of sp³-hybridized carbons (Fsp3) is 0.375. The van der Waals surface area contributed by atoms with Crippen LogP contribution in [0.25, 0.3) is 0 Å². The first-order valence-corrected chi connectivity index (χ1v) is 9.60. The normalized spacial score (nSPS) is 11.2. The average Bonchev–Trinajstić information content (AvgIpc) is 3.11. The molecule has 25 heavy (non-hydrogen) atoms. The van der Waals surface area contributed by atoms with E-state index in [0.29, 0.717) is 18.7 Å². The molecular weight excluding hydrogens is 342 g/mol. The van der Waals surface area contributed by atoms with Gasteiger partial charge in [-0.05, 0) is 24.6 Å². The smallest absolute Gasteiger partial charge is 0.315 e. The lowest BCUT2D eigenvalue weighted by atomic mass is 10.1. The Balaban J connectivity index is 1.67. The standard InChI is InChI=1S/C16H23N5O3S/c1-17-25(23,24)12-15-5-3-14(4-6-15)11-20-16(22)19-7-2-9-21-10-8-18-13-21/h3-6,8,10,13,17H,2,7,9,11-12H2,1H3,(H2,19,20,22). The number of carbonyl (C=O) groups is 1. The summed E-state index contributed by atoms with van der Waals surface area (Å²) in [4.78, 5) is 15.7. The quantitative estimate of drug-likeness (QED) is 0.572. The summed E-state index contributed by atoms with van der Waals surface area (Å²) in [6.45, 7) is 1.76. The summed E-state index contributed by atoms with van der Waals surface area (Å²) in [6.07, 6.45) is 6.16. The third kappa shape index (κ3) is 6.94. The van der Waals surface area contributed by atoms with Gasteiger partial charge in [0.05, 0.1) is 12.1 Å². The monoisotopic (exact) mass is 365 g/mol. The molecule has 0 fully saturated rings. The number of benzene rings is 1. The minimum absolute atomic E-state index is 0.0609. The van der Waals surface area contributed by atoms with Crippen LogP contribution in [0.2, 0.25) is 0 Å². The number of hydrogen-bond donors (Lipinski definition) is 3. The lowest BCUT2D eigenvalue weighted by Crippen LogP contribution is -2.35. The van der Waals surface area contributed by atoms with Crippen molar-refractivity contribution in [3.8, 4) is 0 Å². The maximum absolute atomic E-state index is 11.7. The summed E-state index contributed by atoms with van der Waals surface area (Å²) in [7, 11) is -1.89. The molecule has 0 atom stereocenters. The van der Waals surface area contributed by atoms with Crippen molar-refractivity contribution in [2.45, 2.75) is 25.3 Å². The summed E-state index contributed by atoms with van der Waals surface area (Å²) >= 11 is 0. The van der Waals surface area contributed by atoms with E-state index in [9.17, 15) is 13.2 Å². The average molecular weight is 365 g/mol. The van der Waals surface area contributed by atoms with Gasteiger partial charge in [-0.1, -0.05) is 24.3 Å². The van der Waals surface area contributed by atoms with E-state index in [-0.39, 0.29) is 11.8 Å². The van der Waals surface area contributed by atoms with Crippen LogP contribution < -0.4 is 15.4 Å². The number of hydrogen-bond acceptors (Lipinski definition) is 4. The number of aryl methyl sites for hydroxylation is 1. The number of rotatable bonds is 9. The second-order valence-corrected chi connectivity index (χ2v) is 7.47. The number of amides is 2. The third-order valence-corrected chi connectivity index (χ3v) is 4.92. The Hall–Kier alpha value is -2.39. The van der Waals surface area contributed by atoms with Crippen molar-refractivity contribution < 1.29 is 13.2 Å². The highest BCUT2D eigenvalue weighted by Crippen LogP contribution is 2.07. The van der Waals surface area contributed by atoms with Gasteiger partial charge in [-0.25, -0.2) is 22.9 Å². The Morgan fingerprint density at radius 1 is 1.16 bits per heavy atom. The zero-order valence-corrected chi connectivity index (χ0v) is 14.9. The number of nitrogens with zero attached hydrogens (tertiary/aromatic N) is 2. The van der Waals surface area contributed by atoms with Crippen molar-refractivity contribution in [1.29, 1.82) is 0 Å². The summed E-state index contributed by atoms with van der Waals surface area (Å²) in [5, 5.41) is 5.57. The van der Waals surface area contributed by atoms with E-state index >= 15 is 0 Å². The van der Waals surface area contributed by atoms with Gasteiger partial charge in [0.1, 0.15) is 0 Å². The summed E-state index contributed by atoms with van der Waals surface area (Å²) < 4.78 is 27.2. The number of sulfonamides is 1. The van der Waals surface area contributed by atoms with E-state index in [2.05, 4.69) is 20.3 Å². The zero-order chi connectivity index (χ0) is 18.1. The van der Waals surface area contributed by atoms with Gasteiger partial charge in [0, 0.05) is 32.0 Å². The predicted octanol–water partition coefficient (Wildman–Crippen LogP) is 0.822. The molecule has 0 aliphatic heterocycles. The van der Waals surface area contributed by atoms with Gasteiger partial charge in [0.25, 0.3) is 0 Å². The van der Waals surface area contributed by atoms with E-state index in [0.717, 1.165) is 18.5 Å². The molecule has 9 heteroatoms. The minimum atomic E-state index is -3.28. The molecule has 1 heterocycles. The van der Waals surface area contributed by atoms with Crippen LogP contribution >= 0.6 is 0 Å². The van der Waals surface area contributed by atoms with Crippen LogP contribution in [0.3, 0.4) is 0 Å². The van der Waals surface area contributed by atoms with Gasteiger partial charge < -0.3 is 15.2 Å². The van der Waals surface area contributed by atoms with Crippen molar-refractivity contribution in [2.75, 3.05) is 13.6 Å². The third-order valence-electron chi connectivity index (χ3n) is 3.58. The maximum Gasteiger partial charge on any atom is 0.315 e. The van der Waals surface area contributed by atoms with Gasteiger partial charge in [0.15, 0.2) is 0 Å². The molecule has 0 saturated carbocycles. The van der Waals surface area contributed by atoms with Crippen LogP contribution in [0.5, 0.6) is 0 Å². The number of urea groups is 1. The Bertz CT molecular complexity index is 758. The molecule has 0 radical (unpaired) electrons. The van der Waals surface area contributed by atoms with Crippen molar-refractivity contribution in [3.63, 3.8) is 0 Å². The molecule has 0 saturated heterocycles. The van der Waals surface area contributed by atoms with Crippen molar-refractivity contribution >= 4 is 16.1 Å². The molecule has 0 aliphatic rings. The van der Waals surface area contributed by atoms with Crippen molar-refractivity contribution in [2.24, 2.45) is 0 Å². The molecule has 0 spiro atoms. The topological polar surface area (TPSA) is 105 Å². The van der Waals surface area contributed by atoms with Crippen LogP contribution in [0.4, 0.5) is 4.79 Å². The first-order chi connectivity index (χ1) is 12.0. The van der Waals surface area contributed by atoms with Gasteiger partial charge >= 0.3 is 6.03 Å². The molecule has 8 nitrogen and oxygen atoms in total. The van der Waals surface area contributed by atoms with Gasteiger partial charge in [-0.3, -0.25) is 0 Å². The van der Waals surface area contributed by atoms with Crippen molar-refractivity contribution in [1.82, 2.24) is 24.9 Å². The number of nitrogens with one attached hydrogen (secondary N) is 3. The first kappa shape index (κ1) is 18.9.